The second-order valence-corrected chi connectivity index (χ2v) is 4.46. The average molecular weight is 283 g/mol. The summed E-state index contributed by atoms with van der Waals surface area (Å²) in [5.74, 6) is 0. The van der Waals surface area contributed by atoms with E-state index in [1.807, 2.05) is 6.92 Å². The Morgan fingerprint density at radius 3 is 2.50 bits per heavy atom. The van der Waals surface area contributed by atoms with Gasteiger partial charge in [-0.25, -0.2) is 0 Å². The predicted octanol–water partition coefficient (Wildman–Crippen LogP) is 3.14. The summed E-state index contributed by atoms with van der Waals surface area (Å²) in [7, 11) is 1.72. The van der Waals surface area contributed by atoms with E-state index >= 15 is 0 Å². The third-order valence-electron chi connectivity index (χ3n) is 3.14. The van der Waals surface area contributed by atoms with Crippen LogP contribution in [0.4, 0.5) is 13.2 Å². The molecule has 1 aromatic carbocycles. The van der Waals surface area contributed by atoms with Crippen molar-refractivity contribution in [3.63, 3.8) is 0 Å². The van der Waals surface area contributed by atoms with E-state index in [1.54, 1.807) is 30.1 Å². The molecule has 0 radical (unpaired) electrons. The van der Waals surface area contributed by atoms with E-state index in [0.717, 1.165) is 6.07 Å². The molecule has 6 heteroatoms. The second kappa shape index (κ2) is 5.66. The largest absolute Gasteiger partial charge is 0.416 e. The zero-order valence-corrected chi connectivity index (χ0v) is 11.3. The number of hydrogen-bond acceptors (Lipinski definition) is 2. The number of hydrogen-bond donors (Lipinski definition) is 1. The van der Waals surface area contributed by atoms with Crippen LogP contribution in [0.2, 0.25) is 0 Å². The molecule has 0 aliphatic heterocycles. The van der Waals surface area contributed by atoms with Gasteiger partial charge in [0, 0.05) is 13.2 Å². The van der Waals surface area contributed by atoms with E-state index in [2.05, 4.69) is 10.4 Å². The van der Waals surface area contributed by atoms with Crippen molar-refractivity contribution in [3.05, 3.63) is 53.3 Å². The van der Waals surface area contributed by atoms with Crippen LogP contribution in [0.5, 0.6) is 0 Å². The van der Waals surface area contributed by atoms with Gasteiger partial charge in [0.25, 0.3) is 0 Å². The number of aryl methyl sites for hydroxylation is 1. The first kappa shape index (κ1) is 14.6. The molecule has 2 rings (SSSR count). The molecule has 1 atom stereocenters. The standard InChI is InChI=1S/C14H16F3N3/c1-3-18-13(12-8-9-19-20(12)2)10-6-4-5-7-11(10)14(15,16)17/h4-9,13,18H,3H2,1-2H3. The number of alkyl halides is 3. The van der Waals surface area contributed by atoms with Gasteiger partial charge in [-0.2, -0.15) is 18.3 Å². The molecule has 1 heterocycles. The van der Waals surface area contributed by atoms with Crippen molar-refractivity contribution in [1.82, 2.24) is 15.1 Å². The molecular weight excluding hydrogens is 267 g/mol. The first-order valence-corrected chi connectivity index (χ1v) is 6.32. The molecule has 2 aromatic rings. The van der Waals surface area contributed by atoms with E-state index in [-0.39, 0.29) is 5.56 Å². The molecular formula is C14H16F3N3. The Labute approximate surface area is 115 Å². The lowest BCUT2D eigenvalue weighted by Gasteiger charge is -2.22. The van der Waals surface area contributed by atoms with Crippen molar-refractivity contribution in [2.24, 2.45) is 7.05 Å². The van der Waals surface area contributed by atoms with Crippen molar-refractivity contribution < 1.29 is 13.2 Å². The summed E-state index contributed by atoms with van der Waals surface area (Å²) in [5, 5.41) is 7.13. The van der Waals surface area contributed by atoms with E-state index < -0.39 is 17.8 Å². The monoisotopic (exact) mass is 283 g/mol. The van der Waals surface area contributed by atoms with E-state index in [9.17, 15) is 13.2 Å². The summed E-state index contributed by atoms with van der Waals surface area (Å²) in [6.45, 7) is 2.42. The Kier molecular flexibility index (Phi) is 4.13. The van der Waals surface area contributed by atoms with Gasteiger partial charge in [0.15, 0.2) is 0 Å². The van der Waals surface area contributed by atoms with Gasteiger partial charge >= 0.3 is 6.18 Å². The van der Waals surface area contributed by atoms with Gasteiger partial charge < -0.3 is 5.32 Å². The molecule has 0 saturated carbocycles. The van der Waals surface area contributed by atoms with E-state index in [4.69, 9.17) is 0 Å². The number of nitrogens with one attached hydrogen (secondary N) is 1. The van der Waals surface area contributed by atoms with E-state index in [0.29, 0.717) is 12.2 Å². The number of aromatic nitrogens is 2. The Morgan fingerprint density at radius 2 is 1.95 bits per heavy atom. The molecule has 0 amide bonds. The summed E-state index contributed by atoms with van der Waals surface area (Å²) < 4.78 is 41.0. The number of halogens is 3. The molecule has 0 fully saturated rings. The smallest absolute Gasteiger partial charge is 0.305 e. The summed E-state index contributed by atoms with van der Waals surface area (Å²) in [6, 6.07) is 6.81. The Hall–Kier alpha value is -1.82. The average Bonchev–Trinajstić information content (AvgIpc) is 2.81. The highest BCUT2D eigenvalue weighted by Crippen LogP contribution is 2.36. The highest BCUT2D eigenvalue weighted by molar-refractivity contribution is 5.37. The molecule has 0 saturated heterocycles. The molecule has 0 spiro atoms. The van der Waals surface area contributed by atoms with Crippen LogP contribution >= 0.6 is 0 Å². The van der Waals surface area contributed by atoms with Crippen LogP contribution in [0.15, 0.2) is 36.5 Å². The minimum absolute atomic E-state index is 0.213. The van der Waals surface area contributed by atoms with Crippen molar-refractivity contribution in [1.29, 1.82) is 0 Å². The summed E-state index contributed by atoms with van der Waals surface area (Å²) in [6.07, 6.45) is -2.79. The van der Waals surface area contributed by atoms with Crippen molar-refractivity contribution in [2.45, 2.75) is 19.1 Å². The second-order valence-electron chi connectivity index (χ2n) is 4.46. The number of benzene rings is 1. The van der Waals surface area contributed by atoms with Crippen LogP contribution in [0.1, 0.15) is 29.8 Å². The van der Waals surface area contributed by atoms with Crippen LogP contribution in [0, 0.1) is 0 Å². The Morgan fingerprint density at radius 1 is 1.25 bits per heavy atom. The van der Waals surface area contributed by atoms with Gasteiger partial charge in [-0.05, 0) is 24.2 Å². The molecule has 1 unspecified atom stereocenters. The molecule has 0 aliphatic carbocycles. The normalized spacial score (nSPS) is 13.4. The third kappa shape index (κ3) is 2.85. The van der Waals surface area contributed by atoms with Crippen LogP contribution in [-0.2, 0) is 13.2 Å². The molecule has 108 valence electrons. The minimum Gasteiger partial charge on any atom is -0.305 e. The molecule has 1 aromatic heterocycles. The fourth-order valence-electron chi connectivity index (χ4n) is 2.25. The molecule has 3 nitrogen and oxygen atoms in total. The zero-order valence-electron chi connectivity index (χ0n) is 11.3. The van der Waals surface area contributed by atoms with Gasteiger partial charge in [-0.3, -0.25) is 4.68 Å². The van der Waals surface area contributed by atoms with Gasteiger partial charge in [0.1, 0.15) is 0 Å². The fraction of sp³-hybridized carbons (Fsp3) is 0.357. The SMILES string of the molecule is CCNC(c1ccccc1C(F)(F)F)c1ccnn1C. The van der Waals surface area contributed by atoms with Gasteiger partial charge in [-0.15, -0.1) is 0 Å². The van der Waals surface area contributed by atoms with Gasteiger partial charge in [0.2, 0.25) is 0 Å². The quantitative estimate of drug-likeness (QED) is 0.934. The maximum Gasteiger partial charge on any atom is 0.416 e. The third-order valence-corrected chi connectivity index (χ3v) is 3.14. The Balaban J connectivity index is 2.54. The maximum absolute atomic E-state index is 13.1. The molecule has 20 heavy (non-hydrogen) atoms. The van der Waals surface area contributed by atoms with Crippen LogP contribution in [0.3, 0.4) is 0 Å². The highest BCUT2D eigenvalue weighted by atomic mass is 19.4. The first-order valence-electron chi connectivity index (χ1n) is 6.32. The molecule has 0 aliphatic rings. The molecule has 1 N–H and O–H groups in total. The zero-order chi connectivity index (χ0) is 14.8. The topological polar surface area (TPSA) is 29.9 Å². The highest BCUT2D eigenvalue weighted by Gasteiger charge is 2.35. The minimum atomic E-state index is -4.37. The fourth-order valence-corrected chi connectivity index (χ4v) is 2.25. The summed E-state index contributed by atoms with van der Waals surface area (Å²) in [5.41, 5.74) is 0.293. The lowest BCUT2D eigenvalue weighted by molar-refractivity contribution is -0.138. The van der Waals surface area contributed by atoms with E-state index in [1.165, 1.54) is 12.1 Å². The number of rotatable bonds is 4. The van der Waals surface area contributed by atoms with Crippen molar-refractivity contribution in [2.75, 3.05) is 6.54 Å². The summed E-state index contributed by atoms with van der Waals surface area (Å²) >= 11 is 0. The van der Waals surface area contributed by atoms with Crippen molar-refractivity contribution in [3.8, 4) is 0 Å². The lowest BCUT2D eigenvalue weighted by atomic mass is 9.97. The van der Waals surface area contributed by atoms with Gasteiger partial charge in [0.05, 0.1) is 17.3 Å². The van der Waals surface area contributed by atoms with Crippen LogP contribution < -0.4 is 5.32 Å². The predicted molar refractivity (Wildman–Crippen MR) is 70.2 cm³/mol. The lowest BCUT2D eigenvalue weighted by Crippen LogP contribution is -2.26. The first-order chi connectivity index (χ1) is 9.45. The Bertz CT molecular complexity index is 575. The van der Waals surface area contributed by atoms with Crippen molar-refractivity contribution >= 4 is 0 Å². The maximum atomic E-state index is 13.1. The molecule has 0 bridgehead atoms. The summed E-state index contributed by atoms with van der Waals surface area (Å²) in [4.78, 5) is 0. The van der Waals surface area contributed by atoms with Crippen LogP contribution in [0.25, 0.3) is 0 Å². The number of nitrogens with zero attached hydrogens (tertiary/aromatic N) is 2. The van der Waals surface area contributed by atoms with Crippen LogP contribution in [-0.4, -0.2) is 16.3 Å². The van der Waals surface area contributed by atoms with Gasteiger partial charge in [-0.1, -0.05) is 25.1 Å².